The summed E-state index contributed by atoms with van der Waals surface area (Å²) in [4.78, 5) is 19.0. The van der Waals surface area contributed by atoms with Crippen LogP contribution in [0.25, 0.3) is 0 Å². The Bertz CT molecular complexity index is 690. The minimum absolute atomic E-state index is 0.226. The van der Waals surface area contributed by atoms with E-state index in [-0.39, 0.29) is 6.10 Å². The summed E-state index contributed by atoms with van der Waals surface area (Å²) in [5, 5.41) is 0. The van der Waals surface area contributed by atoms with E-state index in [1.54, 1.807) is 12.4 Å². The second kappa shape index (κ2) is 7.26. The number of piperidine rings is 1. The average Bonchev–Trinajstić information content (AvgIpc) is 2.92. The van der Waals surface area contributed by atoms with Crippen LogP contribution in [0, 0.1) is 0 Å². The van der Waals surface area contributed by atoms with Crippen LogP contribution in [0.3, 0.4) is 0 Å². The highest BCUT2D eigenvalue weighted by atomic mass is 16.5. The molecule has 25 heavy (non-hydrogen) atoms. The van der Waals surface area contributed by atoms with Crippen LogP contribution in [0.1, 0.15) is 37.7 Å². The molecule has 2 saturated heterocycles. The first-order valence-electron chi connectivity index (χ1n) is 9.21. The Kier molecular flexibility index (Phi) is 4.68. The summed E-state index contributed by atoms with van der Waals surface area (Å²) in [6, 6.07) is 14.7. The van der Waals surface area contributed by atoms with E-state index in [4.69, 9.17) is 4.74 Å². The smallest absolute Gasteiger partial charge is 0.223 e. The van der Waals surface area contributed by atoms with E-state index in [0.717, 1.165) is 37.9 Å². The van der Waals surface area contributed by atoms with Gasteiger partial charge in [-0.15, -0.1) is 0 Å². The zero-order valence-corrected chi connectivity index (χ0v) is 14.4. The number of pyridine rings is 1. The molecule has 1 aromatic carbocycles. The van der Waals surface area contributed by atoms with Crippen molar-refractivity contribution in [3.8, 4) is 5.75 Å². The van der Waals surface area contributed by atoms with E-state index in [9.17, 15) is 4.79 Å². The summed E-state index contributed by atoms with van der Waals surface area (Å²) >= 11 is 0. The van der Waals surface area contributed by atoms with E-state index in [0.29, 0.717) is 24.4 Å². The molecule has 0 spiro atoms. The van der Waals surface area contributed by atoms with Gasteiger partial charge in [0.2, 0.25) is 5.91 Å². The average molecular weight is 336 g/mol. The number of benzene rings is 1. The van der Waals surface area contributed by atoms with Gasteiger partial charge in [-0.3, -0.25) is 9.78 Å². The molecule has 2 unspecified atom stereocenters. The lowest BCUT2D eigenvalue weighted by molar-refractivity contribution is -0.137. The van der Waals surface area contributed by atoms with Crippen molar-refractivity contribution in [2.24, 2.45) is 0 Å². The molecule has 2 aliphatic rings. The maximum Gasteiger partial charge on any atom is 0.223 e. The molecule has 0 aliphatic carbocycles. The topological polar surface area (TPSA) is 42.4 Å². The number of carbonyl (C=O) groups excluding carboxylic acids is 1. The van der Waals surface area contributed by atoms with Crippen LogP contribution in [-0.4, -0.2) is 34.0 Å². The molecular formula is C21H24N2O2. The second-order valence-electron chi connectivity index (χ2n) is 7.07. The van der Waals surface area contributed by atoms with Gasteiger partial charge in [0.05, 0.1) is 0 Å². The van der Waals surface area contributed by atoms with Gasteiger partial charge in [-0.25, -0.2) is 0 Å². The minimum atomic E-state index is 0.226. The SMILES string of the molecule is O=C(CCc1ccncc1)N1C2CCC1CC(Oc1ccccc1)C2. The highest BCUT2D eigenvalue weighted by Crippen LogP contribution is 2.37. The van der Waals surface area contributed by atoms with Crippen molar-refractivity contribution in [2.45, 2.75) is 56.7 Å². The maximum atomic E-state index is 12.8. The quantitative estimate of drug-likeness (QED) is 0.837. The largest absolute Gasteiger partial charge is 0.490 e. The summed E-state index contributed by atoms with van der Waals surface area (Å²) in [6.45, 7) is 0. The lowest BCUT2D eigenvalue weighted by Crippen LogP contribution is -2.49. The summed E-state index contributed by atoms with van der Waals surface area (Å²) in [5.41, 5.74) is 1.18. The van der Waals surface area contributed by atoms with Crippen molar-refractivity contribution < 1.29 is 9.53 Å². The molecule has 0 saturated carbocycles. The molecule has 0 N–H and O–H groups in total. The van der Waals surface area contributed by atoms with Crippen LogP contribution in [0.15, 0.2) is 54.9 Å². The van der Waals surface area contributed by atoms with Gasteiger partial charge in [0, 0.05) is 43.7 Å². The van der Waals surface area contributed by atoms with E-state index < -0.39 is 0 Å². The zero-order chi connectivity index (χ0) is 17.1. The summed E-state index contributed by atoms with van der Waals surface area (Å²) in [7, 11) is 0. The number of aryl methyl sites for hydroxylation is 1. The third kappa shape index (κ3) is 3.68. The van der Waals surface area contributed by atoms with Crippen molar-refractivity contribution in [3.05, 3.63) is 60.4 Å². The fraction of sp³-hybridized carbons (Fsp3) is 0.429. The first-order valence-corrected chi connectivity index (χ1v) is 9.21. The normalized spacial score (nSPS) is 25.0. The molecule has 4 heteroatoms. The van der Waals surface area contributed by atoms with Gasteiger partial charge in [-0.05, 0) is 49.1 Å². The van der Waals surface area contributed by atoms with Gasteiger partial charge < -0.3 is 9.64 Å². The maximum absolute atomic E-state index is 12.8. The Morgan fingerprint density at radius 2 is 1.72 bits per heavy atom. The molecule has 2 aliphatic heterocycles. The number of rotatable bonds is 5. The standard InChI is InChI=1S/C21H24N2O2/c24-21(9-6-16-10-12-22-13-11-16)23-17-7-8-18(23)15-20(14-17)25-19-4-2-1-3-5-19/h1-5,10-13,17-18,20H,6-9,14-15H2. The van der Waals surface area contributed by atoms with Gasteiger partial charge in [-0.1, -0.05) is 18.2 Å². The lowest BCUT2D eigenvalue weighted by atomic mass is 9.98. The minimum Gasteiger partial charge on any atom is -0.490 e. The fourth-order valence-corrected chi connectivity index (χ4v) is 4.25. The number of hydrogen-bond acceptors (Lipinski definition) is 3. The summed E-state index contributed by atoms with van der Waals surface area (Å²) in [6.07, 6.45) is 9.30. The first kappa shape index (κ1) is 16.1. The second-order valence-corrected chi connectivity index (χ2v) is 7.07. The van der Waals surface area contributed by atoms with E-state index in [1.165, 1.54) is 5.56 Å². The summed E-state index contributed by atoms with van der Waals surface area (Å²) in [5.74, 6) is 1.23. The molecule has 3 heterocycles. The number of hydrogen-bond donors (Lipinski definition) is 0. The monoisotopic (exact) mass is 336 g/mol. The number of ether oxygens (including phenoxy) is 1. The molecule has 0 radical (unpaired) electrons. The Morgan fingerprint density at radius 3 is 2.40 bits per heavy atom. The van der Waals surface area contributed by atoms with E-state index in [1.807, 2.05) is 42.5 Å². The van der Waals surface area contributed by atoms with Crippen molar-refractivity contribution in [1.82, 2.24) is 9.88 Å². The van der Waals surface area contributed by atoms with Gasteiger partial charge >= 0.3 is 0 Å². The Balaban J connectivity index is 1.34. The number of nitrogens with zero attached hydrogens (tertiary/aromatic N) is 2. The molecule has 1 aromatic heterocycles. The molecule has 2 aromatic rings. The molecule has 1 amide bonds. The van der Waals surface area contributed by atoms with Crippen LogP contribution < -0.4 is 4.74 Å². The van der Waals surface area contributed by atoms with Gasteiger partial charge in [0.1, 0.15) is 11.9 Å². The van der Waals surface area contributed by atoms with Crippen LogP contribution in [-0.2, 0) is 11.2 Å². The highest BCUT2D eigenvalue weighted by molar-refractivity contribution is 5.77. The molecular weight excluding hydrogens is 312 g/mol. The third-order valence-corrected chi connectivity index (χ3v) is 5.40. The lowest BCUT2D eigenvalue weighted by Gasteiger charge is -2.39. The van der Waals surface area contributed by atoms with E-state index >= 15 is 0 Å². The van der Waals surface area contributed by atoms with E-state index in [2.05, 4.69) is 9.88 Å². The molecule has 4 rings (SSSR count). The molecule has 4 nitrogen and oxygen atoms in total. The van der Waals surface area contributed by atoms with Crippen molar-refractivity contribution >= 4 is 5.91 Å². The van der Waals surface area contributed by atoms with Crippen LogP contribution >= 0.6 is 0 Å². The molecule has 2 fully saturated rings. The van der Waals surface area contributed by atoms with Crippen molar-refractivity contribution in [1.29, 1.82) is 0 Å². The third-order valence-electron chi connectivity index (χ3n) is 5.40. The Morgan fingerprint density at radius 1 is 1.04 bits per heavy atom. The molecule has 2 atom stereocenters. The highest BCUT2D eigenvalue weighted by Gasteiger charge is 2.43. The van der Waals surface area contributed by atoms with Crippen LogP contribution in [0.5, 0.6) is 5.75 Å². The van der Waals surface area contributed by atoms with Crippen molar-refractivity contribution in [2.75, 3.05) is 0 Å². The van der Waals surface area contributed by atoms with Gasteiger partial charge in [0.15, 0.2) is 0 Å². The fourth-order valence-electron chi connectivity index (χ4n) is 4.25. The summed E-state index contributed by atoms with van der Waals surface area (Å²) < 4.78 is 6.15. The number of amides is 1. The Hall–Kier alpha value is -2.36. The van der Waals surface area contributed by atoms with Gasteiger partial charge in [-0.2, -0.15) is 0 Å². The van der Waals surface area contributed by atoms with Gasteiger partial charge in [0.25, 0.3) is 0 Å². The predicted molar refractivity (Wildman–Crippen MR) is 96.3 cm³/mol. The number of fused-ring (bicyclic) bond motifs is 2. The van der Waals surface area contributed by atoms with Crippen LogP contribution in [0.4, 0.5) is 0 Å². The predicted octanol–water partition coefficient (Wildman–Crippen LogP) is 3.62. The number of carbonyl (C=O) groups is 1. The molecule has 2 bridgehead atoms. The first-order chi connectivity index (χ1) is 12.3. The van der Waals surface area contributed by atoms with Crippen LogP contribution in [0.2, 0.25) is 0 Å². The molecule has 130 valence electrons. The Labute approximate surface area is 148 Å². The number of aromatic nitrogens is 1. The van der Waals surface area contributed by atoms with Crippen molar-refractivity contribution in [3.63, 3.8) is 0 Å². The number of para-hydroxylation sites is 1. The zero-order valence-electron chi connectivity index (χ0n) is 14.4.